The molecule has 0 saturated carbocycles. The van der Waals surface area contributed by atoms with Crippen molar-refractivity contribution in [3.63, 3.8) is 0 Å². The van der Waals surface area contributed by atoms with Crippen LogP contribution in [0, 0.1) is 11.3 Å². The molecular formula is C8H8N2S. The monoisotopic (exact) mass is 164 g/mol. The summed E-state index contributed by atoms with van der Waals surface area (Å²) in [7, 11) is 0. The average molecular weight is 164 g/mol. The van der Waals surface area contributed by atoms with Crippen molar-refractivity contribution in [1.82, 2.24) is 4.90 Å². The molecule has 0 N–H and O–H groups in total. The molecule has 3 heteroatoms. The number of rotatable bonds is 0. The Labute approximate surface area is 70.2 Å². The van der Waals surface area contributed by atoms with Crippen molar-refractivity contribution in [3.05, 3.63) is 22.2 Å². The number of fused-ring (bicyclic) bond motifs is 1. The standard InChI is InChI=1S/C8H8N2S/c9-6-7-2-1-3-10-4-5-11-8(7)10/h4-5H,1-3H2. The molecule has 0 fully saturated rings. The Balaban J connectivity index is 2.36. The van der Waals surface area contributed by atoms with Crippen LogP contribution >= 0.6 is 11.8 Å². The summed E-state index contributed by atoms with van der Waals surface area (Å²) in [6, 6.07) is 2.25. The maximum absolute atomic E-state index is 8.76. The van der Waals surface area contributed by atoms with Gasteiger partial charge in [0.2, 0.25) is 0 Å². The summed E-state index contributed by atoms with van der Waals surface area (Å²) >= 11 is 1.66. The lowest BCUT2D eigenvalue weighted by atomic mass is 10.1. The summed E-state index contributed by atoms with van der Waals surface area (Å²) in [5.41, 5.74) is 0.950. The van der Waals surface area contributed by atoms with Crippen LogP contribution in [0.5, 0.6) is 0 Å². The van der Waals surface area contributed by atoms with Crippen molar-refractivity contribution in [2.24, 2.45) is 0 Å². The average Bonchev–Trinajstić information content (AvgIpc) is 2.50. The molecule has 0 aromatic heterocycles. The van der Waals surface area contributed by atoms with Crippen LogP contribution < -0.4 is 0 Å². The minimum absolute atomic E-state index is 0.950. The Morgan fingerprint density at radius 1 is 1.64 bits per heavy atom. The summed E-state index contributed by atoms with van der Waals surface area (Å²) in [4.78, 5) is 2.16. The highest BCUT2D eigenvalue weighted by atomic mass is 32.2. The maximum Gasteiger partial charge on any atom is 0.0974 e. The van der Waals surface area contributed by atoms with Crippen molar-refractivity contribution in [3.8, 4) is 6.07 Å². The van der Waals surface area contributed by atoms with Crippen LogP contribution in [0.4, 0.5) is 0 Å². The summed E-state index contributed by atoms with van der Waals surface area (Å²) in [6.45, 7) is 1.07. The molecule has 2 aliphatic rings. The van der Waals surface area contributed by atoms with E-state index in [2.05, 4.69) is 17.2 Å². The fourth-order valence-corrected chi connectivity index (χ4v) is 2.28. The van der Waals surface area contributed by atoms with E-state index in [4.69, 9.17) is 5.26 Å². The summed E-state index contributed by atoms with van der Waals surface area (Å²) in [5.74, 6) is 0. The quantitative estimate of drug-likeness (QED) is 0.548. The minimum Gasteiger partial charge on any atom is -0.341 e. The molecular weight excluding hydrogens is 156 g/mol. The molecule has 2 nitrogen and oxygen atoms in total. The predicted molar refractivity (Wildman–Crippen MR) is 45.3 cm³/mol. The van der Waals surface area contributed by atoms with Gasteiger partial charge in [-0.1, -0.05) is 11.8 Å². The number of hydrogen-bond acceptors (Lipinski definition) is 3. The van der Waals surface area contributed by atoms with Crippen molar-refractivity contribution in [1.29, 1.82) is 5.26 Å². The Bertz CT molecular complexity index is 272. The number of hydrogen-bond donors (Lipinski definition) is 0. The Morgan fingerprint density at radius 2 is 2.55 bits per heavy atom. The lowest BCUT2D eigenvalue weighted by Crippen LogP contribution is -2.19. The molecule has 0 aromatic rings. The molecule has 2 heterocycles. The Kier molecular flexibility index (Phi) is 1.63. The van der Waals surface area contributed by atoms with Gasteiger partial charge in [0.25, 0.3) is 0 Å². The van der Waals surface area contributed by atoms with E-state index in [1.807, 2.05) is 5.41 Å². The van der Waals surface area contributed by atoms with Gasteiger partial charge in [-0.25, -0.2) is 0 Å². The lowest BCUT2D eigenvalue weighted by molar-refractivity contribution is 0.456. The smallest absolute Gasteiger partial charge is 0.0974 e. The fourth-order valence-electron chi connectivity index (χ4n) is 1.36. The van der Waals surface area contributed by atoms with Gasteiger partial charge in [0, 0.05) is 12.7 Å². The van der Waals surface area contributed by atoms with Gasteiger partial charge in [-0.2, -0.15) is 5.26 Å². The number of thioether (sulfide) groups is 1. The number of nitrogens with zero attached hydrogens (tertiary/aromatic N) is 2. The second-order valence-corrected chi connectivity index (χ2v) is 3.49. The van der Waals surface area contributed by atoms with Gasteiger partial charge in [0.1, 0.15) is 0 Å². The lowest BCUT2D eigenvalue weighted by Gasteiger charge is -2.23. The molecule has 56 valence electrons. The van der Waals surface area contributed by atoms with E-state index >= 15 is 0 Å². The van der Waals surface area contributed by atoms with Gasteiger partial charge in [0.15, 0.2) is 0 Å². The van der Waals surface area contributed by atoms with E-state index in [1.165, 1.54) is 0 Å². The first kappa shape index (κ1) is 6.81. The van der Waals surface area contributed by atoms with Crippen molar-refractivity contribution in [2.75, 3.05) is 6.54 Å². The molecule has 2 aliphatic heterocycles. The van der Waals surface area contributed by atoms with Gasteiger partial charge in [-0.15, -0.1) is 0 Å². The van der Waals surface area contributed by atoms with Gasteiger partial charge >= 0.3 is 0 Å². The SMILES string of the molecule is N#CC1=C2SC=CN2CCC1. The summed E-state index contributed by atoms with van der Waals surface area (Å²) in [5, 5.41) is 12.0. The predicted octanol–water partition coefficient (Wildman–Crippen LogP) is 2.04. The molecule has 0 amide bonds. The van der Waals surface area contributed by atoms with E-state index in [1.54, 1.807) is 11.8 Å². The maximum atomic E-state index is 8.76. The van der Waals surface area contributed by atoms with Gasteiger partial charge in [-0.3, -0.25) is 0 Å². The van der Waals surface area contributed by atoms with Crippen LogP contribution in [0.1, 0.15) is 12.8 Å². The molecule has 0 aromatic carbocycles. The van der Waals surface area contributed by atoms with E-state index < -0.39 is 0 Å². The zero-order valence-corrected chi connectivity index (χ0v) is 6.90. The van der Waals surface area contributed by atoms with E-state index in [9.17, 15) is 0 Å². The highest BCUT2D eigenvalue weighted by Gasteiger charge is 2.21. The van der Waals surface area contributed by atoms with E-state index in [-0.39, 0.29) is 0 Å². The normalized spacial score (nSPS) is 21.9. The van der Waals surface area contributed by atoms with Crippen molar-refractivity contribution in [2.45, 2.75) is 12.8 Å². The highest BCUT2D eigenvalue weighted by molar-refractivity contribution is 8.06. The van der Waals surface area contributed by atoms with Crippen LogP contribution in [0.15, 0.2) is 22.2 Å². The van der Waals surface area contributed by atoms with Crippen LogP contribution in [0.3, 0.4) is 0 Å². The van der Waals surface area contributed by atoms with Crippen molar-refractivity contribution < 1.29 is 0 Å². The molecule has 0 aliphatic carbocycles. The molecule has 11 heavy (non-hydrogen) atoms. The topological polar surface area (TPSA) is 27.0 Å². The summed E-state index contributed by atoms with van der Waals surface area (Å²) < 4.78 is 0. The first-order valence-electron chi connectivity index (χ1n) is 3.65. The highest BCUT2D eigenvalue weighted by Crippen LogP contribution is 2.36. The zero-order chi connectivity index (χ0) is 7.68. The molecule has 2 rings (SSSR count). The van der Waals surface area contributed by atoms with E-state index in [0.29, 0.717) is 0 Å². The first-order chi connectivity index (χ1) is 5.42. The van der Waals surface area contributed by atoms with Crippen LogP contribution in [0.2, 0.25) is 0 Å². The Hall–Kier alpha value is -0.880. The third-order valence-electron chi connectivity index (χ3n) is 1.90. The van der Waals surface area contributed by atoms with Gasteiger partial charge in [0.05, 0.1) is 16.7 Å². The Morgan fingerprint density at radius 3 is 3.36 bits per heavy atom. The number of nitriles is 1. The van der Waals surface area contributed by atoms with Crippen LogP contribution in [-0.2, 0) is 0 Å². The molecule has 0 atom stereocenters. The van der Waals surface area contributed by atoms with Crippen LogP contribution in [-0.4, -0.2) is 11.4 Å². The van der Waals surface area contributed by atoms with Gasteiger partial charge < -0.3 is 4.90 Å². The second kappa shape index (κ2) is 2.63. The third kappa shape index (κ3) is 1.04. The van der Waals surface area contributed by atoms with Crippen molar-refractivity contribution >= 4 is 11.8 Å². The molecule has 0 unspecified atom stereocenters. The summed E-state index contributed by atoms with van der Waals surface area (Å²) in [6.07, 6.45) is 4.12. The zero-order valence-electron chi connectivity index (χ0n) is 6.08. The largest absolute Gasteiger partial charge is 0.341 e. The molecule has 0 saturated heterocycles. The fraction of sp³-hybridized carbons (Fsp3) is 0.375. The van der Waals surface area contributed by atoms with Crippen LogP contribution in [0.25, 0.3) is 0 Å². The third-order valence-corrected chi connectivity index (χ3v) is 2.86. The number of allylic oxidation sites excluding steroid dienone is 1. The minimum atomic E-state index is 0.950. The van der Waals surface area contributed by atoms with Gasteiger partial charge in [-0.05, 0) is 18.2 Å². The van der Waals surface area contributed by atoms with E-state index in [0.717, 1.165) is 30.0 Å². The molecule has 0 bridgehead atoms. The first-order valence-corrected chi connectivity index (χ1v) is 4.53. The second-order valence-electron chi connectivity index (χ2n) is 2.60. The molecule has 0 spiro atoms. The molecule has 0 radical (unpaired) electrons.